The Morgan fingerprint density at radius 2 is 2.00 bits per heavy atom. The van der Waals surface area contributed by atoms with E-state index in [1.54, 1.807) is 12.1 Å². The molecule has 1 aromatic carbocycles. The van der Waals surface area contributed by atoms with E-state index in [1.165, 1.54) is 11.3 Å². The standard InChI is InChI=1S/C13H13ClN2OS/c1-7-3-4-9(15)8(2)12(7)16-13(17)10-5-6-11(14)18-10/h3-6H,15H2,1-2H3,(H,16,17). The van der Waals surface area contributed by atoms with Gasteiger partial charge in [0.05, 0.1) is 9.21 Å². The van der Waals surface area contributed by atoms with E-state index in [9.17, 15) is 4.79 Å². The van der Waals surface area contributed by atoms with Crippen molar-refractivity contribution >= 4 is 40.2 Å². The van der Waals surface area contributed by atoms with Crippen LogP contribution < -0.4 is 11.1 Å². The van der Waals surface area contributed by atoms with Gasteiger partial charge >= 0.3 is 0 Å². The number of carbonyl (C=O) groups is 1. The van der Waals surface area contributed by atoms with Crippen LogP contribution >= 0.6 is 22.9 Å². The second kappa shape index (κ2) is 5.00. The number of hydrogen-bond donors (Lipinski definition) is 2. The van der Waals surface area contributed by atoms with Gasteiger partial charge in [-0.2, -0.15) is 0 Å². The number of anilines is 2. The Kier molecular flexibility index (Phi) is 3.59. The average Bonchev–Trinajstić information content (AvgIpc) is 2.76. The molecule has 0 aliphatic carbocycles. The fourth-order valence-corrected chi connectivity index (χ4v) is 2.61. The van der Waals surface area contributed by atoms with Gasteiger partial charge in [-0.15, -0.1) is 11.3 Å². The molecule has 0 bridgehead atoms. The van der Waals surface area contributed by atoms with Gasteiger partial charge in [0.1, 0.15) is 0 Å². The molecule has 3 N–H and O–H groups in total. The van der Waals surface area contributed by atoms with E-state index in [1.807, 2.05) is 26.0 Å². The second-order valence-electron chi connectivity index (χ2n) is 4.03. The highest BCUT2D eigenvalue weighted by Crippen LogP contribution is 2.27. The maximum absolute atomic E-state index is 12.0. The van der Waals surface area contributed by atoms with Gasteiger partial charge in [-0.1, -0.05) is 17.7 Å². The molecule has 2 rings (SSSR count). The number of carbonyl (C=O) groups excluding carboxylic acids is 1. The smallest absolute Gasteiger partial charge is 0.265 e. The van der Waals surface area contributed by atoms with Crippen molar-refractivity contribution in [3.05, 3.63) is 44.6 Å². The molecular weight excluding hydrogens is 268 g/mol. The summed E-state index contributed by atoms with van der Waals surface area (Å²) in [7, 11) is 0. The van der Waals surface area contributed by atoms with Crippen LogP contribution in [0.5, 0.6) is 0 Å². The number of nitrogens with one attached hydrogen (secondary N) is 1. The molecule has 0 radical (unpaired) electrons. The summed E-state index contributed by atoms with van der Waals surface area (Å²) in [4.78, 5) is 12.6. The van der Waals surface area contributed by atoms with Crippen LogP contribution in [0.3, 0.4) is 0 Å². The number of halogens is 1. The molecule has 0 aliphatic heterocycles. The molecule has 0 spiro atoms. The van der Waals surface area contributed by atoms with Crippen LogP contribution in [-0.2, 0) is 0 Å². The minimum Gasteiger partial charge on any atom is -0.398 e. The highest BCUT2D eigenvalue weighted by atomic mass is 35.5. The summed E-state index contributed by atoms with van der Waals surface area (Å²) in [6, 6.07) is 7.14. The lowest BCUT2D eigenvalue weighted by atomic mass is 10.1. The molecule has 0 aliphatic rings. The summed E-state index contributed by atoms with van der Waals surface area (Å²) in [6.07, 6.45) is 0. The van der Waals surface area contributed by atoms with Gasteiger partial charge in [0, 0.05) is 11.4 Å². The molecule has 0 fully saturated rings. The molecule has 18 heavy (non-hydrogen) atoms. The largest absolute Gasteiger partial charge is 0.398 e. The van der Waals surface area contributed by atoms with Crippen LogP contribution in [0.2, 0.25) is 4.34 Å². The van der Waals surface area contributed by atoms with E-state index in [0.717, 1.165) is 16.8 Å². The zero-order valence-corrected chi connectivity index (χ0v) is 11.7. The first-order valence-electron chi connectivity index (χ1n) is 5.41. The number of rotatable bonds is 2. The SMILES string of the molecule is Cc1ccc(N)c(C)c1NC(=O)c1ccc(Cl)s1. The maximum Gasteiger partial charge on any atom is 0.265 e. The van der Waals surface area contributed by atoms with E-state index >= 15 is 0 Å². The number of amides is 1. The van der Waals surface area contributed by atoms with E-state index in [2.05, 4.69) is 5.32 Å². The van der Waals surface area contributed by atoms with Crippen LogP contribution in [0, 0.1) is 13.8 Å². The van der Waals surface area contributed by atoms with E-state index in [4.69, 9.17) is 17.3 Å². The zero-order chi connectivity index (χ0) is 13.3. The van der Waals surface area contributed by atoms with Crippen LogP contribution in [0.4, 0.5) is 11.4 Å². The summed E-state index contributed by atoms with van der Waals surface area (Å²) >= 11 is 7.07. The first-order chi connectivity index (χ1) is 8.49. The molecule has 2 aromatic rings. The third-order valence-corrected chi connectivity index (χ3v) is 3.98. The van der Waals surface area contributed by atoms with Gasteiger partial charge in [0.25, 0.3) is 5.91 Å². The number of nitrogens with two attached hydrogens (primary N) is 1. The summed E-state index contributed by atoms with van der Waals surface area (Å²) < 4.78 is 0.598. The second-order valence-corrected chi connectivity index (χ2v) is 5.74. The Balaban J connectivity index is 2.30. The minimum absolute atomic E-state index is 0.163. The minimum atomic E-state index is -0.163. The van der Waals surface area contributed by atoms with Crippen LogP contribution in [-0.4, -0.2) is 5.91 Å². The number of nitrogen functional groups attached to an aromatic ring is 1. The Morgan fingerprint density at radius 1 is 1.28 bits per heavy atom. The lowest BCUT2D eigenvalue weighted by Crippen LogP contribution is -2.13. The number of benzene rings is 1. The molecule has 1 amide bonds. The van der Waals surface area contributed by atoms with Crippen LogP contribution in [0.15, 0.2) is 24.3 Å². The predicted molar refractivity (Wildman–Crippen MR) is 77.6 cm³/mol. The fourth-order valence-electron chi connectivity index (χ4n) is 1.67. The maximum atomic E-state index is 12.0. The quantitative estimate of drug-likeness (QED) is 0.821. The van der Waals surface area contributed by atoms with Crippen molar-refractivity contribution in [1.29, 1.82) is 0 Å². The number of thiophene rings is 1. The van der Waals surface area contributed by atoms with Crippen molar-refractivity contribution in [1.82, 2.24) is 0 Å². The molecule has 1 heterocycles. The van der Waals surface area contributed by atoms with Crippen LogP contribution in [0.1, 0.15) is 20.8 Å². The normalized spacial score (nSPS) is 10.4. The summed E-state index contributed by atoms with van der Waals surface area (Å²) in [6.45, 7) is 3.82. The summed E-state index contributed by atoms with van der Waals surface area (Å²) in [5, 5.41) is 2.88. The van der Waals surface area contributed by atoms with Gasteiger partial charge in [-0.3, -0.25) is 4.79 Å². The lowest BCUT2D eigenvalue weighted by Gasteiger charge is -2.12. The van der Waals surface area contributed by atoms with Gasteiger partial charge in [0.15, 0.2) is 0 Å². The van der Waals surface area contributed by atoms with Crippen LogP contribution in [0.25, 0.3) is 0 Å². The monoisotopic (exact) mass is 280 g/mol. The third kappa shape index (κ3) is 2.49. The van der Waals surface area contributed by atoms with E-state index in [-0.39, 0.29) is 5.91 Å². The van der Waals surface area contributed by atoms with Crippen molar-refractivity contribution in [3.8, 4) is 0 Å². The molecular formula is C13H13ClN2OS. The molecule has 0 saturated heterocycles. The first kappa shape index (κ1) is 12.9. The van der Waals surface area contributed by atoms with Crippen molar-refractivity contribution < 1.29 is 4.79 Å². The van der Waals surface area contributed by atoms with Crippen molar-refractivity contribution in [2.75, 3.05) is 11.1 Å². The molecule has 0 atom stereocenters. The molecule has 5 heteroatoms. The topological polar surface area (TPSA) is 55.1 Å². The first-order valence-corrected chi connectivity index (χ1v) is 6.61. The lowest BCUT2D eigenvalue weighted by molar-refractivity contribution is 0.103. The number of hydrogen-bond acceptors (Lipinski definition) is 3. The molecule has 0 unspecified atom stereocenters. The van der Waals surface area contributed by atoms with Gasteiger partial charge in [0.2, 0.25) is 0 Å². The van der Waals surface area contributed by atoms with Gasteiger partial charge < -0.3 is 11.1 Å². The zero-order valence-electron chi connectivity index (χ0n) is 10.1. The Labute approximate surface area is 115 Å². The van der Waals surface area contributed by atoms with Crippen molar-refractivity contribution in [3.63, 3.8) is 0 Å². The fraction of sp³-hybridized carbons (Fsp3) is 0.154. The van der Waals surface area contributed by atoms with Crippen molar-refractivity contribution in [2.45, 2.75) is 13.8 Å². The van der Waals surface area contributed by atoms with Gasteiger partial charge in [-0.05, 0) is 43.2 Å². The summed E-state index contributed by atoms with van der Waals surface area (Å²) in [5.41, 5.74) is 9.14. The highest BCUT2D eigenvalue weighted by molar-refractivity contribution is 7.18. The average molecular weight is 281 g/mol. The Bertz CT molecular complexity index is 607. The summed E-state index contributed by atoms with van der Waals surface area (Å²) in [5.74, 6) is -0.163. The highest BCUT2D eigenvalue weighted by Gasteiger charge is 2.12. The molecule has 1 aromatic heterocycles. The van der Waals surface area contributed by atoms with E-state index < -0.39 is 0 Å². The molecule has 3 nitrogen and oxygen atoms in total. The van der Waals surface area contributed by atoms with Gasteiger partial charge in [-0.25, -0.2) is 0 Å². The Hall–Kier alpha value is -1.52. The molecule has 94 valence electrons. The van der Waals surface area contributed by atoms with Crippen molar-refractivity contribution in [2.24, 2.45) is 0 Å². The van der Waals surface area contributed by atoms with E-state index in [0.29, 0.717) is 14.9 Å². The molecule has 0 saturated carbocycles. The number of aryl methyl sites for hydroxylation is 1. The predicted octanol–water partition coefficient (Wildman–Crippen LogP) is 3.85. The Morgan fingerprint density at radius 3 is 2.61 bits per heavy atom. The third-order valence-electron chi connectivity index (χ3n) is 2.75.